The maximum atomic E-state index is 13.1. The number of fused-ring (bicyclic) bond motifs is 1. The summed E-state index contributed by atoms with van der Waals surface area (Å²) in [6, 6.07) is 18.5. The van der Waals surface area contributed by atoms with Crippen molar-refractivity contribution in [3.63, 3.8) is 0 Å². The van der Waals surface area contributed by atoms with Crippen molar-refractivity contribution in [2.75, 3.05) is 18.4 Å². The van der Waals surface area contributed by atoms with Crippen molar-refractivity contribution in [1.82, 2.24) is 9.88 Å². The Hall–Kier alpha value is -4.20. The smallest absolute Gasteiger partial charge is 0.339 e. The Labute approximate surface area is 211 Å². The standard InChI is InChI=1S/C29H24F3N3O2/c30-29(31,32)22-11-8-19(9-12-22)24-6-2-3-7-25(24)27(36)34-23-13-10-20-16-21(18-33-26(20)17-23)28(37)35-14-4-1-5-15-35/h2-3,6-13,16-18H,1,4-5,14-15H2,(H,34,36). The molecule has 188 valence electrons. The van der Waals surface area contributed by atoms with E-state index in [2.05, 4.69) is 10.3 Å². The van der Waals surface area contributed by atoms with Crippen molar-refractivity contribution in [3.8, 4) is 11.1 Å². The lowest BCUT2D eigenvalue weighted by Crippen LogP contribution is -2.35. The second-order valence-electron chi connectivity index (χ2n) is 9.06. The van der Waals surface area contributed by atoms with Crippen LogP contribution < -0.4 is 5.32 Å². The maximum absolute atomic E-state index is 13.1. The molecule has 3 aromatic carbocycles. The van der Waals surface area contributed by atoms with Gasteiger partial charge in [-0.3, -0.25) is 14.6 Å². The van der Waals surface area contributed by atoms with Crippen LogP contribution in [0.1, 0.15) is 45.5 Å². The molecule has 1 N–H and O–H groups in total. The maximum Gasteiger partial charge on any atom is 0.416 e. The number of halogens is 3. The first-order valence-corrected chi connectivity index (χ1v) is 12.1. The average molecular weight is 504 g/mol. The van der Waals surface area contributed by atoms with Crippen molar-refractivity contribution in [2.24, 2.45) is 0 Å². The van der Waals surface area contributed by atoms with Crippen molar-refractivity contribution < 1.29 is 22.8 Å². The molecule has 2 amide bonds. The molecule has 1 aliphatic heterocycles. The van der Waals surface area contributed by atoms with E-state index in [1.54, 1.807) is 48.7 Å². The minimum Gasteiger partial charge on any atom is -0.339 e. The van der Waals surface area contributed by atoms with Gasteiger partial charge in [-0.1, -0.05) is 36.4 Å². The van der Waals surface area contributed by atoms with E-state index in [0.29, 0.717) is 33.5 Å². The fraction of sp³-hybridized carbons (Fsp3) is 0.207. The van der Waals surface area contributed by atoms with E-state index >= 15 is 0 Å². The lowest BCUT2D eigenvalue weighted by molar-refractivity contribution is -0.137. The van der Waals surface area contributed by atoms with Gasteiger partial charge in [-0.2, -0.15) is 13.2 Å². The first kappa shape index (κ1) is 24.5. The fourth-order valence-electron chi connectivity index (χ4n) is 4.57. The number of alkyl halides is 3. The van der Waals surface area contributed by atoms with Crippen LogP contribution in [-0.2, 0) is 6.18 Å². The van der Waals surface area contributed by atoms with E-state index in [1.807, 2.05) is 11.0 Å². The van der Waals surface area contributed by atoms with Crippen LogP contribution >= 0.6 is 0 Å². The van der Waals surface area contributed by atoms with Gasteiger partial charge < -0.3 is 10.2 Å². The third-order valence-electron chi connectivity index (χ3n) is 6.53. The van der Waals surface area contributed by atoms with Crippen molar-refractivity contribution in [3.05, 3.63) is 95.7 Å². The Bertz CT molecular complexity index is 1460. The van der Waals surface area contributed by atoms with Gasteiger partial charge >= 0.3 is 6.18 Å². The molecule has 5 nitrogen and oxygen atoms in total. The number of anilines is 1. The summed E-state index contributed by atoms with van der Waals surface area (Å²) >= 11 is 0. The summed E-state index contributed by atoms with van der Waals surface area (Å²) < 4.78 is 38.8. The van der Waals surface area contributed by atoms with E-state index in [9.17, 15) is 22.8 Å². The quantitative estimate of drug-likeness (QED) is 0.333. The van der Waals surface area contributed by atoms with Crippen LogP contribution in [0.5, 0.6) is 0 Å². The zero-order valence-corrected chi connectivity index (χ0v) is 19.9. The van der Waals surface area contributed by atoms with E-state index in [-0.39, 0.29) is 5.91 Å². The lowest BCUT2D eigenvalue weighted by atomic mass is 9.98. The van der Waals surface area contributed by atoms with Crippen LogP contribution in [0.15, 0.2) is 79.0 Å². The molecule has 1 fully saturated rings. The van der Waals surface area contributed by atoms with Gasteiger partial charge in [0, 0.05) is 35.9 Å². The second-order valence-corrected chi connectivity index (χ2v) is 9.06. The van der Waals surface area contributed by atoms with Gasteiger partial charge in [-0.15, -0.1) is 0 Å². The molecule has 37 heavy (non-hydrogen) atoms. The number of benzene rings is 3. The molecule has 1 aliphatic rings. The molecule has 1 aromatic heterocycles. The number of nitrogens with one attached hydrogen (secondary N) is 1. The third kappa shape index (κ3) is 5.33. The van der Waals surface area contributed by atoms with Crippen LogP contribution in [0.2, 0.25) is 0 Å². The second kappa shape index (κ2) is 10.0. The average Bonchev–Trinajstić information content (AvgIpc) is 2.92. The normalized spacial score (nSPS) is 14.0. The van der Waals surface area contributed by atoms with Crippen LogP contribution in [0.25, 0.3) is 22.0 Å². The Morgan fingerprint density at radius 1 is 0.865 bits per heavy atom. The summed E-state index contributed by atoms with van der Waals surface area (Å²) in [6.45, 7) is 1.52. The largest absolute Gasteiger partial charge is 0.416 e. The van der Waals surface area contributed by atoms with Gasteiger partial charge in [0.25, 0.3) is 11.8 Å². The molecule has 0 spiro atoms. The molecule has 0 radical (unpaired) electrons. The minimum atomic E-state index is -4.43. The zero-order chi connectivity index (χ0) is 26.0. The summed E-state index contributed by atoms with van der Waals surface area (Å²) in [7, 11) is 0. The number of amides is 2. The number of hydrogen-bond acceptors (Lipinski definition) is 3. The molecular formula is C29H24F3N3O2. The minimum absolute atomic E-state index is 0.0219. The van der Waals surface area contributed by atoms with Gasteiger partial charge in [0.2, 0.25) is 0 Å². The number of hydrogen-bond donors (Lipinski definition) is 1. The molecule has 2 heterocycles. The molecule has 0 unspecified atom stereocenters. The highest BCUT2D eigenvalue weighted by atomic mass is 19.4. The molecule has 5 rings (SSSR count). The van der Waals surface area contributed by atoms with E-state index in [0.717, 1.165) is 49.9 Å². The number of piperidine rings is 1. The van der Waals surface area contributed by atoms with Gasteiger partial charge in [0.15, 0.2) is 0 Å². The number of aromatic nitrogens is 1. The zero-order valence-electron chi connectivity index (χ0n) is 19.9. The van der Waals surface area contributed by atoms with Crippen LogP contribution in [0, 0.1) is 0 Å². The summed E-state index contributed by atoms with van der Waals surface area (Å²) in [5.41, 5.74) is 2.29. The predicted octanol–water partition coefficient (Wildman–Crippen LogP) is 6.80. The van der Waals surface area contributed by atoms with Gasteiger partial charge in [-0.05, 0) is 66.8 Å². The molecule has 0 bridgehead atoms. The number of likely N-dealkylation sites (tertiary alicyclic amines) is 1. The number of nitrogens with zero attached hydrogens (tertiary/aromatic N) is 2. The summed E-state index contributed by atoms with van der Waals surface area (Å²) in [5.74, 6) is -0.418. The van der Waals surface area contributed by atoms with E-state index < -0.39 is 17.6 Å². The number of carbonyl (C=O) groups is 2. The summed E-state index contributed by atoms with van der Waals surface area (Å²) in [4.78, 5) is 32.2. The first-order valence-electron chi connectivity index (χ1n) is 12.1. The Morgan fingerprint density at radius 2 is 1.59 bits per heavy atom. The fourth-order valence-corrected chi connectivity index (χ4v) is 4.57. The highest BCUT2D eigenvalue weighted by Gasteiger charge is 2.30. The molecule has 0 atom stereocenters. The number of pyridine rings is 1. The molecule has 0 saturated carbocycles. The Kier molecular flexibility index (Phi) is 6.65. The highest BCUT2D eigenvalue weighted by Crippen LogP contribution is 2.32. The van der Waals surface area contributed by atoms with Crippen molar-refractivity contribution >= 4 is 28.4 Å². The van der Waals surface area contributed by atoms with Gasteiger partial charge in [-0.25, -0.2) is 0 Å². The van der Waals surface area contributed by atoms with Crippen molar-refractivity contribution in [1.29, 1.82) is 0 Å². The molecule has 0 aliphatic carbocycles. The molecule has 8 heteroatoms. The SMILES string of the molecule is O=C(Nc1ccc2cc(C(=O)N3CCCCC3)cnc2c1)c1ccccc1-c1ccc(C(F)(F)F)cc1. The van der Waals surface area contributed by atoms with Crippen LogP contribution in [0.3, 0.4) is 0 Å². The van der Waals surface area contributed by atoms with Gasteiger partial charge in [0.1, 0.15) is 0 Å². The van der Waals surface area contributed by atoms with E-state index in [4.69, 9.17) is 0 Å². The van der Waals surface area contributed by atoms with Crippen LogP contribution in [0.4, 0.5) is 18.9 Å². The molecular weight excluding hydrogens is 479 g/mol. The summed E-state index contributed by atoms with van der Waals surface area (Å²) in [5, 5.41) is 3.63. The highest BCUT2D eigenvalue weighted by molar-refractivity contribution is 6.09. The number of carbonyl (C=O) groups excluding carboxylic acids is 2. The lowest BCUT2D eigenvalue weighted by Gasteiger charge is -2.26. The first-order chi connectivity index (χ1) is 17.8. The monoisotopic (exact) mass is 503 g/mol. The predicted molar refractivity (Wildman–Crippen MR) is 136 cm³/mol. The Balaban J connectivity index is 1.36. The van der Waals surface area contributed by atoms with Crippen molar-refractivity contribution in [2.45, 2.75) is 25.4 Å². The Morgan fingerprint density at radius 3 is 2.32 bits per heavy atom. The van der Waals surface area contributed by atoms with Gasteiger partial charge in [0.05, 0.1) is 16.6 Å². The topological polar surface area (TPSA) is 62.3 Å². The molecule has 4 aromatic rings. The molecule has 1 saturated heterocycles. The van der Waals surface area contributed by atoms with Crippen LogP contribution in [-0.4, -0.2) is 34.8 Å². The number of rotatable bonds is 4. The summed E-state index contributed by atoms with van der Waals surface area (Å²) in [6.07, 6.45) is 0.296. The third-order valence-corrected chi connectivity index (χ3v) is 6.53. The van der Waals surface area contributed by atoms with E-state index in [1.165, 1.54) is 12.1 Å².